The molecule has 0 atom stereocenters. The second kappa shape index (κ2) is 8.74. The minimum atomic E-state index is 0.325. The van der Waals surface area contributed by atoms with Gasteiger partial charge in [-0.2, -0.15) is 5.10 Å². The number of nitrogens with one attached hydrogen (secondary N) is 3. The third-order valence-corrected chi connectivity index (χ3v) is 6.25. The van der Waals surface area contributed by atoms with Crippen LogP contribution in [0.5, 0.6) is 0 Å². The topological polar surface area (TPSA) is 108 Å². The third-order valence-electron chi connectivity index (χ3n) is 6.25. The zero-order valence-electron chi connectivity index (χ0n) is 19.9. The molecule has 0 saturated carbocycles. The number of pyridine rings is 4. The van der Waals surface area contributed by atoms with Crippen LogP contribution >= 0.6 is 0 Å². The molecule has 6 aromatic rings. The Labute approximate surface area is 207 Å². The molecule has 36 heavy (non-hydrogen) atoms. The van der Waals surface area contributed by atoms with E-state index in [1.165, 1.54) is 0 Å². The van der Waals surface area contributed by atoms with Crippen LogP contribution in [0.2, 0.25) is 0 Å². The van der Waals surface area contributed by atoms with E-state index in [2.05, 4.69) is 79.1 Å². The highest BCUT2D eigenvalue weighted by Gasteiger charge is 2.15. The summed E-state index contributed by atoms with van der Waals surface area (Å²) in [6.07, 6.45) is 10.8. The molecule has 6 heterocycles. The van der Waals surface area contributed by atoms with Crippen LogP contribution in [0.1, 0.15) is 13.8 Å². The molecule has 8 nitrogen and oxygen atoms in total. The molecule has 0 unspecified atom stereocenters. The summed E-state index contributed by atoms with van der Waals surface area (Å²) in [6.45, 7) is 8.30. The first kappa shape index (κ1) is 21.7. The Kier molecular flexibility index (Phi) is 5.26. The molecule has 0 aliphatic carbocycles. The SMILES string of the molecule is C=C(Nc1cncc(-c2cnc3n[nH]c(-c4cc5c(-c6ccncc6)nccc5[nH]4)c3c2)c1)C(C)C. The van der Waals surface area contributed by atoms with Gasteiger partial charge in [-0.05, 0) is 42.3 Å². The largest absolute Gasteiger partial charge is 0.358 e. The first-order valence-corrected chi connectivity index (χ1v) is 11.7. The van der Waals surface area contributed by atoms with Gasteiger partial charge in [0.1, 0.15) is 0 Å². The van der Waals surface area contributed by atoms with E-state index in [0.717, 1.165) is 61.4 Å². The van der Waals surface area contributed by atoms with Crippen LogP contribution in [0.25, 0.3) is 55.7 Å². The van der Waals surface area contributed by atoms with Crippen LogP contribution < -0.4 is 5.32 Å². The predicted molar refractivity (Wildman–Crippen MR) is 143 cm³/mol. The van der Waals surface area contributed by atoms with Crippen molar-refractivity contribution >= 4 is 27.6 Å². The van der Waals surface area contributed by atoms with E-state index in [9.17, 15) is 0 Å². The zero-order valence-corrected chi connectivity index (χ0v) is 19.9. The lowest BCUT2D eigenvalue weighted by molar-refractivity contribution is 0.778. The monoisotopic (exact) mass is 472 g/mol. The van der Waals surface area contributed by atoms with Crippen molar-refractivity contribution in [3.05, 3.63) is 85.9 Å². The molecule has 0 fully saturated rings. The first-order valence-electron chi connectivity index (χ1n) is 11.7. The maximum Gasteiger partial charge on any atom is 0.181 e. The van der Waals surface area contributed by atoms with Crippen molar-refractivity contribution in [1.82, 2.24) is 35.1 Å². The average molecular weight is 473 g/mol. The van der Waals surface area contributed by atoms with Crippen LogP contribution in [-0.4, -0.2) is 35.1 Å². The van der Waals surface area contributed by atoms with E-state index in [0.29, 0.717) is 11.6 Å². The summed E-state index contributed by atoms with van der Waals surface area (Å²) >= 11 is 0. The molecule has 6 aromatic heterocycles. The molecule has 0 bridgehead atoms. The van der Waals surface area contributed by atoms with E-state index in [-0.39, 0.29) is 0 Å². The lowest BCUT2D eigenvalue weighted by atomic mass is 10.1. The van der Waals surface area contributed by atoms with Gasteiger partial charge >= 0.3 is 0 Å². The van der Waals surface area contributed by atoms with Crippen LogP contribution in [0, 0.1) is 5.92 Å². The minimum absolute atomic E-state index is 0.325. The van der Waals surface area contributed by atoms with E-state index in [1.54, 1.807) is 18.6 Å². The van der Waals surface area contributed by atoms with Gasteiger partial charge in [-0.15, -0.1) is 0 Å². The summed E-state index contributed by atoms with van der Waals surface area (Å²) in [6, 6.07) is 12.1. The van der Waals surface area contributed by atoms with Gasteiger partial charge in [-0.3, -0.25) is 20.1 Å². The summed E-state index contributed by atoms with van der Waals surface area (Å²) in [5.41, 5.74) is 9.08. The number of nitrogens with zero attached hydrogens (tertiary/aromatic N) is 5. The standard InChI is InChI=1S/C28H24N8/c1-16(2)17(3)33-21-10-19(13-30-15-21)20-11-23-27(35-36-28(23)32-14-20)25-12-22-24(34-25)6-9-31-26(22)18-4-7-29-8-5-18/h4-16,33-34H,3H2,1-2H3,(H,32,35,36). The number of allylic oxidation sites excluding steroid dienone is 1. The lowest BCUT2D eigenvalue weighted by Crippen LogP contribution is -2.04. The number of anilines is 1. The fraction of sp³-hybridized carbons (Fsp3) is 0.107. The van der Waals surface area contributed by atoms with Crippen molar-refractivity contribution in [3.63, 3.8) is 0 Å². The molecule has 0 radical (unpaired) electrons. The van der Waals surface area contributed by atoms with Gasteiger partial charge in [0, 0.05) is 69.7 Å². The Morgan fingerprint density at radius 3 is 2.53 bits per heavy atom. The zero-order chi connectivity index (χ0) is 24.6. The van der Waals surface area contributed by atoms with Gasteiger partial charge in [-0.1, -0.05) is 20.4 Å². The van der Waals surface area contributed by atoms with E-state index in [1.807, 2.05) is 36.8 Å². The van der Waals surface area contributed by atoms with E-state index < -0.39 is 0 Å². The Bertz CT molecular complexity index is 1710. The molecular weight excluding hydrogens is 448 g/mol. The summed E-state index contributed by atoms with van der Waals surface area (Å²) in [5.74, 6) is 0.325. The Balaban J connectivity index is 1.41. The highest BCUT2D eigenvalue weighted by Crippen LogP contribution is 2.34. The molecule has 0 saturated heterocycles. The summed E-state index contributed by atoms with van der Waals surface area (Å²) in [4.78, 5) is 21.3. The van der Waals surface area contributed by atoms with Crippen molar-refractivity contribution < 1.29 is 0 Å². The van der Waals surface area contributed by atoms with Gasteiger partial charge in [0.25, 0.3) is 0 Å². The van der Waals surface area contributed by atoms with Gasteiger partial charge < -0.3 is 10.3 Å². The number of rotatable bonds is 6. The molecule has 0 spiro atoms. The number of aromatic amines is 2. The van der Waals surface area contributed by atoms with Gasteiger partial charge in [0.2, 0.25) is 0 Å². The number of fused-ring (bicyclic) bond motifs is 2. The second-order valence-electron chi connectivity index (χ2n) is 9.00. The summed E-state index contributed by atoms with van der Waals surface area (Å²) < 4.78 is 0. The summed E-state index contributed by atoms with van der Waals surface area (Å²) in [7, 11) is 0. The van der Waals surface area contributed by atoms with Crippen LogP contribution in [0.3, 0.4) is 0 Å². The number of hydrogen-bond donors (Lipinski definition) is 3. The molecule has 176 valence electrons. The van der Waals surface area contributed by atoms with E-state index >= 15 is 0 Å². The van der Waals surface area contributed by atoms with Gasteiger partial charge in [-0.25, -0.2) is 4.98 Å². The molecule has 0 aliphatic heterocycles. The summed E-state index contributed by atoms with van der Waals surface area (Å²) in [5, 5.41) is 12.9. The van der Waals surface area contributed by atoms with Gasteiger partial charge in [0.05, 0.1) is 29.0 Å². The van der Waals surface area contributed by atoms with Crippen LogP contribution in [0.15, 0.2) is 85.9 Å². The smallest absolute Gasteiger partial charge is 0.181 e. The number of H-pyrrole nitrogens is 2. The quantitative estimate of drug-likeness (QED) is 0.266. The van der Waals surface area contributed by atoms with Crippen molar-refractivity contribution in [3.8, 4) is 33.8 Å². The van der Waals surface area contributed by atoms with Crippen LogP contribution in [0.4, 0.5) is 5.69 Å². The van der Waals surface area contributed by atoms with Crippen molar-refractivity contribution in [2.45, 2.75) is 13.8 Å². The Morgan fingerprint density at radius 2 is 1.69 bits per heavy atom. The van der Waals surface area contributed by atoms with Crippen molar-refractivity contribution in [2.75, 3.05) is 5.32 Å². The number of hydrogen-bond acceptors (Lipinski definition) is 6. The van der Waals surface area contributed by atoms with Gasteiger partial charge in [0.15, 0.2) is 5.65 Å². The first-order chi connectivity index (χ1) is 17.6. The molecule has 0 aromatic carbocycles. The molecule has 0 aliphatic rings. The van der Waals surface area contributed by atoms with E-state index in [4.69, 9.17) is 0 Å². The molecule has 0 amide bonds. The normalized spacial score (nSPS) is 11.4. The highest BCUT2D eigenvalue weighted by atomic mass is 15.2. The maximum atomic E-state index is 4.62. The highest BCUT2D eigenvalue weighted by molar-refractivity contribution is 6.00. The second-order valence-corrected chi connectivity index (χ2v) is 9.00. The average Bonchev–Trinajstić information content (AvgIpc) is 3.53. The molecule has 3 N–H and O–H groups in total. The van der Waals surface area contributed by atoms with Crippen molar-refractivity contribution in [1.29, 1.82) is 0 Å². The molecule has 6 rings (SSSR count). The minimum Gasteiger partial charge on any atom is -0.358 e. The Hall–Kier alpha value is -4.85. The lowest BCUT2D eigenvalue weighted by Gasteiger charge is -2.13. The molecular formula is C28H24N8. The molecule has 8 heteroatoms. The maximum absolute atomic E-state index is 4.62. The number of aromatic nitrogens is 7. The Morgan fingerprint density at radius 1 is 0.861 bits per heavy atom. The predicted octanol–water partition coefficient (Wildman–Crippen LogP) is 6.21. The fourth-order valence-electron chi connectivity index (χ4n) is 4.19. The third kappa shape index (κ3) is 3.88. The fourth-order valence-corrected chi connectivity index (χ4v) is 4.19. The van der Waals surface area contributed by atoms with Crippen LogP contribution in [-0.2, 0) is 0 Å². The van der Waals surface area contributed by atoms with Crippen molar-refractivity contribution in [2.24, 2.45) is 5.92 Å².